The van der Waals surface area contributed by atoms with Crippen molar-refractivity contribution in [2.75, 3.05) is 13.7 Å². The summed E-state index contributed by atoms with van der Waals surface area (Å²) < 4.78 is 21.9. The Morgan fingerprint density at radius 3 is 2.59 bits per heavy atom. The molecule has 2 N–H and O–H groups in total. The molecule has 0 unspecified atom stereocenters. The van der Waals surface area contributed by atoms with Crippen molar-refractivity contribution in [2.24, 2.45) is 23.5 Å². The number of rotatable bonds is 8. The molecule has 1 aromatic rings. The number of hydrogen-bond donors (Lipinski definition) is 1. The maximum absolute atomic E-state index is 12.8. The number of nitrogens with two attached hydrogens (primary N) is 1. The Hall–Kier alpha value is -3.13. The lowest BCUT2D eigenvalue weighted by Crippen LogP contribution is -2.43. The van der Waals surface area contributed by atoms with E-state index in [4.69, 9.17) is 24.7 Å². The first-order chi connectivity index (χ1) is 16.5. The van der Waals surface area contributed by atoms with Crippen LogP contribution in [-0.4, -0.2) is 44.0 Å². The number of fused-ring (bicyclic) bond motifs is 1. The minimum Gasteiger partial charge on any atom is -0.466 e. The molecular weight excluding hydrogens is 438 g/mol. The van der Waals surface area contributed by atoms with E-state index in [0.29, 0.717) is 18.4 Å². The number of carbonyl (C=O) groups excluding carboxylic acids is 3. The molecule has 0 aromatic heterocycles. The molecular formula is C26H31NO7. The van der Waals surface area contributed by atoms with Gasteiger partial charge in [-0.15, -0.1) is 0 Å². The first-order valence-electron chi connectivity index (χ1n) is 11.8. The van der Waals surface area contributed by atoms with Gasteiger partial charge < -0.3 is 24.7 Å². The van der Waals surface area contributed by atoms with Crippen LogP contribution in [0, 0.1) is 17.8 Å². The van der Waals surface area contributed by atoms with Gasteiger partial charge in [0.25, 0.3) is 6.29 Å². The third-order valence-electron chi connectivity index (χ3n) is 6.84. The maximum atomic E-state index is 12.8. The van der Waals surface area contributed by atoms with E-state index in [2.05, 4.69) is 0 Å². The number of allylic oxidation sites excluding steroid dienone is 1. The Morgan fingerprint density at radius 1 is 1.15 bits per heavy atom. The van der Waals surface area contributed by atoms with Crippen LogP contribution < -0.4 is 5.73 Å². The Balaban J connectivity index is 1.45. The SMILES string of the molecule is COC(=O)C1=CO[C@@H](OC(=O)[C@@H](N)Cc2ccccc2)[C@@H]2C(COC(=O)C3CCCC3)=CC[C@H]12. The molecule has 3 aliphatic rings. The minimum atomic E-state index is -0.980. The van der Waals surface area contributed by atoms with E-state index < -0.39 is 30.2 Å². The summed E-state index contributed by atoms with van der Waals surface area (Å²) in [6.45, 7) is 0.0679. The highest BCUT2D eigenvalue weighted by Gasteiger charge is 2.46. The first-order valence-corrected chi connectivity index (χ1v) is 11.8. The van der Waals surface area contributed by atoms with Crippen molar-refractivity contribution >= 4 is 17.9 Å². The van der Waals surface area contributed by atoms with Gasteiger partial charge in [-0.2, -0.15) is 0 Å². The summed E-state index contributed by atoms with van der Waals surface area (Å²) in [7, 11) is 1.31. The molecule has 8 nitrogen and oxygen atoms in total. The highest BCUT2D eigenvalue weighted by Crippen LogP contribution is 2.44. The maximum Gasteiger partial charge on any atom is 0.337 e. The summed E-state index contributed by atoms with van der Waals surface area (Å²) in [6.07, 6.45) is 6.87. The van der Waals surface area contributed by atoms with E-state index in [1.54, 1.807) is 0 Å². The molecule has 1 fully saturated rings. The quantitative estimate of drug-likeness (QED) is 0.351. The molecule has 182 valence electrons. The highest BCUT2D eigenvalue weighted by atomic mass is 16.7. The van der Waals surface area contributed by atoms with Gasteiger partial charge in [0.2, 0.25) is 0 Å². The smallest absolute Gasteiger partial charge is 0.337 e. The number of esters is 3. The van der Waals surface area contributed by atoms with E-state index in [1.165, 1.54) is 13.4 Å². The monoisotopic (exact) mass is 469 g/mol. The first kappa shape index (κ1) is 24.0. The van der Waals surface area contributed by atoms with Crippen LogP contribution in [0.2, 0.25) is 0 Å². The van der Waals surface area contributed by atoms with Crippen LogP contribution in [0.4, 0.5) is 0 Å². The zero-order chi connectivity index (χ0) is 24.1. The molecule has 1 aliphatic heterocycles. The molecule has 0 amide bonds. The molecule has 4 rings (SSSR count). The van der Waals surface area contributed by atoms with Crippen LogP contribution >= 0.6 is 0 Å². The third kappa shape index (κ3) is 5.33. The highest BCUT2D eigenvalue weighted by molar-refractivity contribution is 5.89. The number of methoxy groups -OCH3 is 1. The Morgan fingerprint density at radius 2 is 1.88 bits per heavy atom. The summed E-state index contributed by atoms with van der Waals surface area (Å²) in [6, 6.07) is 8.56. The third-order valence-corrected chi connectivity index (χ3v) is 6.84. The lowest BCUT2D eigenvalue weighted by Gasteiger charge is -2.34. The summed E-state index contributed by atoms with van der Waals surface area (Å²) in [5.41, 5.74) is 8.15. The Labute approximate surface area is 199 Å². The molecule has 1 heterocycles. The van der Waals surface area contributed by atoms with Gasteiger partial charge >= 0.3 is 17.9 Å². The predicted molar refractivity (Wildman–Crippen MR) is 122 cm³/mol. The van der Waals surface area contributed by atoms with Crippen LogP contribution in [0.1, 0.15) is 37.7 Å². The van der Waals surface area contributed by atoms with Crippen LogP contribution in [0.3, 0.4) is 0 Å². The van der Waals surface area contributed by atoms with Gasteiger partial charge in [0.05, 0.1) is 30.8 Å². The molecule has 2 aliphatic carbocycles. The normalized spacial score (nSPS) is 24.8. The summed E-state index contributed by atoms with van der Waals surface area (Å²) >= 11 is 0. The standard InChI is InChI=1S/C26H31NO7/c1-31-24(29)20-15-33-26(34-25(30)21(27)13-16-7-3-2-4-8-16)22-18(11-12-19(20)22)14-32-23(28)17-9-5-6-10-17/h2-4,7-8,11,15,17,19,21-22,26H,5-6,9-10,12-14,27H2,1H3/t19-,21+,22-,26+/m1/s1. The number of hydrogen-bond acceptors (Lipinski definition) is 8. The fourth-order valence-corrected chi connectivity index (χ4v) is 4.98. The lowest BCUT2D eigenvalue weighted by atomic mass is 9.83. The van der Waals surface area contributed by atoms with Gasteiger partial charge in [0.15, 0.2) is 0 Å². The number of carbonyl (C=O) groups is 3. The van der Waals surface area contributed by atoms with Gasteiger partial charge in [-0.3, -0.25) is 9.59 Å². The van der Waals surface area contributed by atoms with Gasteiger partial charge in [-0.1, -0.05) is 49.2 Å². The average molecular weight is 470 g/mol. The van der Waals surface area contributed by atoms with Crippen LogP contribution in [0.25, 0.3) is 0 Å². The second-order valence-corrected chi connectivity index (χ2v) is 9.04. The number of benzene rings is 1. The molecule has 0 saturated heterocycles. The zero-order valence-electron chi connectivity index (χ0n) is 19.3. The Kier molecular flexibility index (Phi) is 7.67. The van der Waals surface area contributed by atoms with Crippen LogP contribution in [0.15, 0.2) is 53.8 Å². The van der Waals surface area contributed by atoms with Crippen molar-refractivity contribution in [3.63, 3.8) is 0 Å². The molecule has 1 aromatic carbocycles. The fourth-order valence-electron chi connectivity index (χ4n) is 4.98. The van der Waals surface area contributed by atoms with Gasteiger partial charge in [-0.25, -0.2) is 4.79 Å². The molecule has 1 saturated carbocycles. The van der Waals surface area contributed by atoms with E-state index in [-0.39, 0.29) is 24.4 Å². The van der Waals surface area contributed by atoms with Crippen molar-refractivity contribution in [3.05, 3.63) is 59.4 Å². The zero-order valence-corrected chi connectivity index (χ0v) is 19.3. The second-order valence-electron chi connectivity index (χ2n) is 9.04. The van der Waals surface area contributed by atoms with E-state index in [0.717, 1.165) is 36.8 Å². The van der Waals surface area contributed by atoms with E-state index in [1.807, 2.05) is 36.4 Å². The van der Waals surface area contributed by atoms with Crippen molar-refractivity contribution < 1.29 is 33.3 Å². The van der Waals surface area contributed by atoms with Crippen molar-refractivity contribution in [2.45, 2.75) is 50.9 Å². The minimum absolute atomic E-state index is 0.0597. The van der Waals surface area contributed by atoms with E-state index in [9.17, 15) is 14.4 Å². The van der Waals surface area contributed by atoms with Crippen LogP contribution in [-0.2, 0) is 39.8 Å². The predicted octanol–water partition coefficient (Wildman–Crippen LogP) is 2.81. The van der Waals surface area contributed by atoms with Crippen molar-refractivity contribution in [3.8, 4) is 0 Å². The summed E-state index contributed by atoms with van der Waals surface area (Å²) in [5, 5.41) is 0. The molecule has 34 heavy (non-hydrogen) atoms. The van der Waals surface area contributed by atoms with Crippen LogP contribution in [0.5, 0.6) is 0 Å². The van der Waals surface area contributed by atoms with Crippen molar-refractivity contribution in [1.82, 2.24) is 0 Å². The van der Waals surface area contributed by atoms with Gasteiger partial charge in [0, 0.05) is 5.92 Å². The lowest BCUT2D eigenvalue weighted by molar-refractivity contribution is -0.184. The van der Waals surface area contributed by atoms with Gasteiger partial charge in [-0.05, 0) is 36.8 Å². The number of ether oxygens (including phenoxy) is 4. The topological polar surface area (TPSA) is 114 Å². The van der Waals surface area contributed by atoms with Gasteiger partial charge in [0.1, 0.15) is 12.6 Å². The summed E-state index contributed by atoms with van der Waals surface area (Å²) in [4.78, 5) is 37.5. The molecule has 0 bridgehead atoms. The molecule has 4 atom stereocenters. The Bertz CT molecular complexity index is 965. The van der Waals surface area contributed by atoms with E-state index >= 15 is 0 Å². The second kappa shape index (κ2) is 10.9. The average Bonchev–Trinajstić information content (AvgIpc) is 3.54. The molecule has 8 heteroatoms. The van der Waals surface area contributed by atoms with Crippen molar-refractivity contribution in [1.29, 1.82) is 0 Å². The largest absolute Gasteiger partial charge is 0.466 e. The fraction of sp³-hybridized carbons (Fsp3) is 0.500. The molecule has 0 radical (unpaired) electrons. The molecule has 0 spiro atoms. The summed E-state index contributed by atoms with van der Waals surface area (Å²) in [5.74, 6) is -2.14.